The van der Waals surface area contributed by atoms with Crippen LogP contribution in [0.3, 0.4) is 0 Å². The van der Waals surface area contributed by atoms with Crippen molar-refractivity contribution in [3.63, 3.8) is 0 Å². The lowest BCUT2D eigenvalue weighted by atomic mass is 9.39. The number of hydrogen-bond donors (Lipinski definition) is 1. The molecule has 3 atom stereocenters. The molecule has 4 fully saturated rings. The third-order valence-electron chi connectivity index (χ3n) is 6.30. The highest BCUT2D eigenvalue weighted by Gasteiger charge is 2.60. The maximum atomic E-state index is 10.6. The van der Waals surface area contributed by atoms with Crippen LogP contribution in [0.4, 0.5) is 0 Å². The van der Waals surface area contributed by atoms with Crippen molar-refractivity contribution in [2.24, 2.45) is 22.2 Å². The Hall–Kier alpha value is -0.760. The highest BCUT2D eigenvalue weighted by molar-refractivity contribution is 5.14. The topological polar surface area (TPSA) is 33.4 Å². The number of furan rings is 1. The van der Waals surface area contributed by atoms with Gasteiger partial charge >= 0.3 is 0 Å². The number of aliphatic hydroxyl groups excluding tert-OH is 1. The summed E-state index contributed by atoms with van der Waals surface area (Å²) < 4.78 is 5.14. The van der Waals surface area contributed by atoms with Crippen LogP contribution in [0.2, 0.25) is 0 Å². The van der Waals surface area contributed by atoms with E-state index in [1.54, 1.807) is 12.5 Å². The Kier molecular flexibility index (Phi) is 2.53. The van der Waals surface area contributed by atoms with Gasteiger partial charge in [-0.1, -0.05) is 13.8 Å². The first kappa shape index (κ1) is 12.9. The summed E-state index contributed by atoms with van der Waals surface area (Å²) in [5.41, 5.74) is 2.39. The summed E-state index contributed by atoms with van der Waals surface area (Å²) in [6.45, 7) is 4.99. The van der Waals surface area contributed by atoms with Crippen molar-refractivity contribution in [1.29, 1.82) is 0 Å². The van der Waals surface area contributed by atoms with Crippen molar-refractivity contribution >= 4 is 0 Å². The zero-order valence-electron chi connectivity index (χ0n) is 12.7. The lowest BCUT2D eigenvalue weighted by Crippen LogP contribution is -2.55. The monoisotopic (exact) mass is 274 g/mol. The maximum absolute atomic E-state index is 10.6. The van der Waals surface area contributed by atoms with E-state index >= 15 is 0 Å². The fourth-order valence-electron chi connectivity index (χ4n) is 6.90. The molecule has 0 spiro atoms. The van der Waals surface area contributed by atoms with Crippen molar-refractivity contribution in [3.05, 3.63) is 24.2 Å². The van der Waals surface area contributed by atoms with E-state index in [0.29, 0.717) is 16.2 Å². The van der Waals surface area contributed by atoms with Crippen LogP contribution < -0.4 is 0 Å². The molecule has 4 aliphatic carbocycles. The first-order valence-electron chi connectivity index (χ1n) is 8.10. The Bertz CT molecular complexity index is 485. The van der Waals surface area contributed by atoms with E-state index in [0.717, 1.165) is 17.9 Å². The summed E-state index contributed by atoms with van der Waals surface area (Å²) in [6, 6.07) is 1.91. The van der Waals surface area contributed by atoms with Gasteiger partial charge in [-0.05, 0) is 73.2 Å². The van der Waals surface area contributed by atoms with E-state index in [4.69, 9.17) is 4.42 Å². The van der Waals surface area contributed by atoms with Gasteiger partial charge in [-0.25, -0.2) is 0 Å². The lowest BCUT2D eigenvalue weighted by molar-refractivity contribution is -0.157. The largest absolute Gasteiger partial charge is 0.472 e. The smallest absolute Gasteiger partial charge is 0.0960 e. The van der Waals surface area contributed by atoms with Gasteiger partial charge in [-0.15, -0.1) is 0 Å². The van der Waals surface area contributed by atoms with Crippen LogP contribution >= 0.6 is 0 Å². The van der Waals surface area contributed by atoms with Crippen LogP contribution in [-0.4, -0.2) is 5.11 Å². The van der Waals surface area contributed by atoms with Crippen LogP contribution in [0.15, 0.2) is 23.0 Å². The maximum Gasteiger partial charge on any atom is 0.0960 e. The minimum absolute atomic E-state index is 0.350. The van der Waals surface area contributed by atoms with Crippen molar-refractivity contribution in [1.82, 2.24) is 0 Å². The van der Waals surface area contributed by atoms with E-state index < -0.39 is 0 Å². The lowest BCUT2D eigenvalue weighted by Gasteiger charge is -2.66. The van der Waals surface area contributed by atoms with E-state index in [1.807, 2.05) is 6.07 Å². The van der Waals surface area contributed by atoms with E-state index in [1.165, 1.54) is 38.5 Å². The number of rotatable bonds is 3. The molecule has 4 saturated carbocycles. The molecular formula is C18H26O2. The quantitative estimate of drug-likeness (QED) is 0.866. The molecule has 0 saturated heterocycles. The van der Waals surface area contributed by atoms with Crippen LogP contribution in [0.5, 0.6) is 0 Å². The minimum atomic E-state index is -0.350. The van der Waals surface area contributed by atoms with Gasteiger partial charge in [0.2, 0.25) is 0 Å². The summed E-state index contributed by atoms with van der Waals surface area (Å²) in [6.07, 6.45) is 12.2. The normalized spacial score (nSPS) is 47.6. The van der Waals surface area contributed by atoms with Gasteiger partial charge < -0.3 is 9.52 Å². The van der Waals surface area contributed by atoms with Gasteiger partial charge in [0.1, 0.15) is 0 Å². The second-order valence-electron chi connectivity index (χ2n) is 8.91. The molecule has 5 rings (SSSR count). The van der Waals surface area contributed by atoms with E-state index in [9.17, 15) is 5.11 Å². The molecule has 4 aliphatic rings. The van der Waals surface area contributed by atoms with Gasteiger partial charge in [0.15, 0.2) is 0 Å². The average molecular weight is 274 g/mol. The Morgan fingerprint density at radius 1 is 1.20 bits per heavy atom. The molecule has 0 radical (unpaired) electrons. The molecular weight excluding hydrogens is 248 g/mol. The molecule has 3 unspecified atom stereocenters. The number of aliphatic hydroxyl groups is 1. The van der Waals surface area contributed by atoms with Gasteiger partial charge in [0, 0.05) is 5.56 Å². The first-order valence-corrected chi connectivity index (χ1v) is 8.10. The highest BCUT2D eigenvalue weighted by atomic mass is 16.3. The molecule has 4 bridgehead atoms. The SMILES string of the molecule is CC12CC3CC(C)(C1)CC(CC(O)c1ccoc1)(C3)C2. The van der Waals surface area contributed by atoms with E-state index in [-0.39, 0.29) is 6.10 Å². The summed E-state index contributed by atoms with van der Waals surface area (Å²) in [4.78, 5) is 0. The molecule has 0 aliphatic heterocycles. The molecule has 1 N–H and O–H groups in total. The molecule has 1 aromatic heterocycles. The molecule has 1 heterocycles. The Morgan fingerprint density at radius 2 is 1.90 bits per heavy atom. The highest BCUT2D eigenvalue weighted by Crippen LogP contribution is 2.71. The van der Waals surface area contributed by atoms with Crippen LogP contribution in [-0.2, 0) is 0 Å². The molecule has 2 nitrogen and oxygen atoms in total. The predicted octanol–water partition coefficient (Wildman–Crippen LogP) is 4.70. The van der Waals surface area contributed by atoms with Crippen molar-refractivity contribution in [3.8, 4) is 0 Å². The molecule has 0 amide bonds. The summed E-state index contributed by atoms with van der Waals surface area (Å²) >= 11 is 0. The number of hydrogen-bond acceptors (Lipinski definition) is 2. The van der Waals surface area contributed by atoms with Crippen molar-refractivity contribution < 1.29 is 9.52 Å². The van der Waals surface area contributed by atoms with Gasteiger partial charge in [0.25, 0.3) is 0 Å². The Morgan fingerprint density at radius 3 is 2.45 bits per heavy atom. The van der Waals surface area contributed by atoms with Gasteiger partial charge in [-0.3, -0.25) is 0 Å². The van der Waals surface area contributed by atoms with Gasteiger partial charge in [-0.2, -0.15) is 0 Å². The zero-order chi connectivity index (χ0) is 14.0. The summed E-state index contributed by atoms with van der Waals surface area (Å²) in [5, 5.41) is 10.6. The minimum Gasteiger partial charge on any atom is -0.472 e. The molecule has 2 heteroatoms. The second kappa shape index (κ2) is 3.91. The van der Waals surface area contributed by atoms with Crippen LogP contribution in [0.25, 0.3) is 0 Å². The van der Waals surface area contributed by atoms with Crippen molar-refractivity contribution in [2.45, 2.75) is 64.9 Å². The Labute approximate surface area is 121 Å². The third-order valence-corrected chi connectivity index (χ3v) is 6.30. The molecule has 20 heavy (non-hydrogen) atoms. The first-order chi connectivity index (χ1) is 9.40. The van der Waals surface area contributed by atoms with Gasteiger partial charge in [0.05, 0.1) is 18.6 Å². The van der Waals surface area contributed by atoms with E-state index in [2.05, 4.69) is 13.8 Å². The average Bonchev–Trinajstić information content (AvgIpc) is 2.75. The second-order valence-corrected chi connectivity index (χ2v) is 8.91. The van der Waals surface area contributed by atoms with Crippen LogP contribution in [0, 0.1) is 22.2 Å². The summed E-state index contributed by atoms with van der Waals surface area (Å²) in [7, 11) is 0. The zero-order valence-corrected chi connectivity index (χ0v) is 12.7. The fourth-order valence-corrected chi connectivity index (χ4v) is 6.90. The summed E-state index contributed by atoms with van der Waals surface area (Å²) in [5.74, 6) is 0.901. The molecule has 1 aromatic rings. The third kappa shape index (κ3) is 1.95. The Balaban J connectivity index is 1.61. The predicted molar refractivity (Wildman–Crippen MR) is 78.1 cm³/mol. The molecule has 0 aromatic carbocycles. The van der Waals surface area contributed by atoms with Crippen molar-refractivity contribution in [2.75, 3.05) is 0 Å². The standard InChI is InChI=1S/C18H26O2/c1-16-5-13-6-17(2,10-16)12-18(7-13,11-16)8-15(19)14-3-4-20-9-14/h3-4,9,13,15,19H,5-8,10-12H2,1-2H3. The molecule has 110 valence electrons. The fraction of sp³-hybridized carbons (Fsp3) is 0.778. The van der Waals surface area contributed by atoms with Crippen LogP contribution in [0.1, 0.15) is 70.5 Å².